The number of benzene rings is 1. The van der Waals surface area contributed by atoms with E-state index in [1.165, 1.54) is 54.4 Å². The maximum Gasteiger partial charge on any atom is 0.192 e. The fourth-order valence-corrected chi connectivity index (χ4v) is 13.6. The minimum Gasteiger partial charge on any atom is -0.413 e. The highest BCUT2D eigenvalue weighted by Gasteiger charge is 2.51. The Hall–Kier alpha value is -1.07. The second-order valence-corrected chi connectivity index (χ2v) is 36.2. The monoisotopic (exact) mass is 795 g/mol. The molecule has 4 rings (SSSR count). The van der Waals surface area contributed by atoms with Crippen LogP contribution in [0.2, 0.25) is 55.9 Å². The molecule has 7 heteroatoms. The molecule has 0 aromatic heterocycles. The molecule has 0 radical (unpaired) electrons. The van der Waals surface area contributed by atoms with Gasteiger partial charge in [0.2, 0.25) is 0 Å². The van der Waals surface area contributed by atoms with Gasteiger partial charge in [-0.2, -0.15) is 0 Å². The molecule has 3 fully saturated rings. The Morgan fingerprint density at radius 3 is 2.13 bits per heavy atom. The van der Waals surface area contributed by atoms with E-state index in [-0.39, 0.29) is 27.9 Å². The summed E-state index contributed by atoms with van der Waals surface area (Å²) in [6.07, 6.45) is 13.3. The van der Waals surface area contributed by atoms with E-state index in [4.69, 9.17) is 24.6 Å². The van der Waals surface area contributed by atoms with E-state index in [2.05, 4.69) is 151 Å². The van der Waals surface area contributed by atoms with Crippen LogP contribution in [0, 0.1) is 23.2 Å². The van der Waals surface area contributed by atoms with E-state index in [1.54, 1.807) is 5.57 Å². The first-order valence-electron chi connectivity index (χ1n) is 21.4. The first-order chi connectivity index (χ1) is 24.6. The van der Waals surface area contributed by atoms with Gasteiger partial charge in [0.25, 0.3) is 0 Å². The zero-order valence-electron chi connectivity index (χ0n) is 38.1. The van der Waals surface area contributed by atoms with Gasteiger partial charge in [0.15, 0.2) is 25.0 Å². The summed E-state index contributed by atoms with van der Waals surface area (Å²) in [6.45, 7) is 46.0. The second-order valence-electron chi connectivity index (χ2n) is 22.3. The zero-order valence-corrected chi connectivity index (χ0v) is 41.1. The molecular weight excluding hydrogens is 713 g/mol. The second kappa shape index (κ2) is 16.7. The van der Waals surface area contributed by atoms with Crippen molar-refractivity contribution in [1.82, 2.24) is 0 Å². The molecule has 3 saturated carbocycles. The average molecular weight is 795 g/mol. The molecule has 0 N–H and O–H groups in total. The lowest BCUT2D eigenvalue weighted by molar-refractivity contribution is 0.0275. The fraction of sp³-hybridized carbons (Fsp3) is 0.745. The van der Waals surface area contributed by atoms with Crippen LogP contribution in [-0.4, -0.2) is 43.8 Å². The fourth-order valence-electron chi connectivity index (χ4n) is 9.32. The van der Waals surface area contributed by atoms with E-state index in [9.17, 15) is 0 Å². The lowest BCUT2D eigenvalue weighted by Gasteiger charge is -2.46. The number of allylic oxidation sites excluding steroid dienone is 3. The van der Waals surface area contributed by atoms with Crippen molar-refractivity contribution in [3.05, 3.63) is 70.8 Å². The number of rotatable bonds is 13. The molecule has 1 aromatic carbocycles. The van der Waals surface area contributed by atoms with Crippen molar-refractivity contribution in [2.24, 2.45) is 23.2 Å². The maximum absolute atomic E-state index is 7.13. The highest BCUT2D eigenvalue weighted by Crippen LogP contribution is 2.59. The molecule has 0 heterocycles. The molecule has 4 nitrogen and oxygen atoms in total. The van der Waals surface area contributed by atoms with Crippen molar-refractivity contribution >= 4 is 25.0 Å². The van der Waals surface area contributed by atoms with Gasteiger partial charge >= 0.3 is 0 Å². The molecule has 6 atom stereocenters. The molecule has 0 spiro atoms. The summed E-state index contributed by atoms with van der Waals surface area (Å²) in [5.74, 6) is 1.83. The minimum atomic E-state index is -2.00. The Morgan fingerprint density at radius 1 is 0.889 bits per heavy atom. The summed E-state index contributed by atoms with van der Waals surface area (Å²) in [6, 6.07) is 8.84. The van der Waals surface area contributed by atoms with Crippen LogP contribution in [-0.2, 0) is 30.2 Å². The molecule has 0 amide bonds. The lowest BCUT2D eigenvalue weighted by atomic mass is 9.61. The Kier molecular flexibility index (Phi) is 14.1. The zero-order chi connectivity index (χ0) is 40.7. The van der Waals surface area contributed by atoms with Crippen LogP contribution in [0.4, 0.5) is 0 Å². The summed E-state index contributed by atoms with van der Waals surface area (Å²) in [5.41, 5.74) is 6.65. The summed E-state index contributed by atoms with van der Waals surface area (Å²) < 4.78 is 27.3. The number of hydrogen-bond donors (Lipinski definition) is 0. The van der Waals surface area contributed by atoms with Crippen LogP contribution in [0.1, 0.15) is 125 Å². The molecular formula is C47H82O4Si3. The molecule has 54 heavy (non-hydrogen) atoms. The molecule has 0 bridgehead atoms. The van der Waals surface area contributed by atoms with E-state index >= 15 is 0 Å². The smallest absolute Gasteiger partial charge is 0.192 e. The summed E-state index contributed by atoms with van der Waals surface area (Å²) in [4.78, 5) is 0. The predicted molar refractivity (Wildman–Crippen MR) is 240 cm³/mol. The van der Waals surface area contributed by atoms with Crippen LogP contribution < -0.4 is 0 Å². The standard InChI is InChI=1S/C47H82O4Si3/c1-34(32-48-33-36-21-19-23-39(29-36)46(9,10)51-52(12,13)14)41-26-27-42-37(22-20-28-47(41,42)11)24-25-38-30-40(49-53(15,16)44(3,4)5)31-43(35(38)2)50-54(17,18)45(6,7)8/h19,21,23-25,29,34,40-43H,2,20,22,26-28,30-33H2,1,3-18H3/t34-,40+,41+,42-,43-,47+/m0/s1. The largest absolute Gasteiger partial charge is 0.413 e. The summed E-state index contributed by atoms with van der Waals surface area (Å²) in [5, 5.41) is 0.312. The highest BCUT2D eigenvalue weighted by molar-refractivity contribution is 6.74. The van der Waals surface area contributed by atoms with Gasteiger partial charge in [-0.05, 0) is 154 Å². The average Bonchev–Trinajstić information content (AvgIpc) is 3.37. The van der Waals surface area contributed by atoms with Gasteiger partial charge in [-0.3, -0.25) is 0 Å². The van der Waals surface area contributed by atoms with Crippen molar-refractivity contribution in [3.8, 4) is 0 Å². The van der Waals surface area contributed by atoms with E-state index < -0.39 is 25.0 Å². The van der Waals surface area contributed by atoms with Crippen molar-refractivity contribution in [1.29, 1.82) is 0 Å². The predicted octanol–water partition coefficient (Wildman–Crippen LogP) is 14.1. The molecule has 0 unspecified atom stereocenters. The SMILES string of the molecule is C=C1C(=CC=C2CCC[C@]3(C)[C@@H]([C@@H](C)COCc4cccc(C(C)(C)O[Si](C)(C)C)c4)CC[C@@H]23)C[C@@H](O[Si](C)(C)C(C)(C)C)C[C@@H]1O[Si](C)(C)C(C)(C)C. The molecule has 0 aliphatic heterocycles. The lowest BCUT2D eigenvalue weighted by Crippen LogP contribution is -2.49. The first kappa shape index (κ1) is 45.6. The van der Waals surface area contributed by atoms with Gasteiger partial charge in [-0.25, -0.2) is 0 Å². The Balaban J connectivity index is 1.48. The van der Waals surface area contributed by atoms with E-state index in [0.717, 1.165) is 19.4 Å². The van der Waals surface area contributed by atoms with Gasteiger partial charge in [0, 0.05) is 13.0 Å². The third-order valence-electron chi connectivity index (χ3n) is 14.3. The van der Waals surface area contributed by atoms with Crippen molar-refractivity contribution in [3.63, 3.8) is 0 Å². The minimum absolute atomic E-state index is 0.0137. The number of fused-ring (bicyclic) bond motifs is 1. The van der Waals surface area contributed by atoms with Gasteiger partial charge in [-0.1, -0.05) is 104 Å². The highest BCUT2D eigenvalue weighted by atomic mass is 28.4. The summed E-state index contributed by atoms with van der Waals surface area (Å²) >= 11 is 0. The first-order valence-corrected chi connectivity index (χ1v) is 30.6. The molecule has 3 aliphatic carbocycles. The summed E-state index contributed by atoms with van der Waals surface area (Å²) in [7, 11) is -5.62. The van der Waals surface area contributed by atoms with Gasteiger partial charge in [-0.15, -0.1) is 0 Å². The van der Waals surface area contributed by atoms with Crippen molar-refractivity contribution in [2.45, 2.75) is 195 Å². The van der Waals surface area contributed by atoms with Crippen LogP contribution in [0.15, 0.2) is 59.7 Å². The van der Waals surface area contributed by atoms with E-state index in [0.29, 0.717) is 29.8 Å². The number of hydrogen-bond acceptors (Lipinski definition) is 4. The third-order valence-corrected chi connectivity index (χ3v) is 24.4. The molecule has 0 saturated heterocycles. The Bertz CT molecular complexity index is 1520. The number of ether oxygens (including phenoxy) is 1. The Morgan fingerprint density at radius 2 is 1.52 bits per heavy atom. The van der Waals surface area contributed by atoms with E-state index in [1.807, 2.05) is 0 Å². The third kappa shape index (κ3) is 10.9. The van der Waals surface area contributed by atoms with Gasteiger partial charge < -0.3 is 18.0 Å². The molecule has 1 aromatic rings. The van der Waals surface area contributed by atoms with Gasteiger partial charge in [0.1, 0.15) is 0 Å². The van der Waals surface area contributed by atoms with Crippen LogP contribution in [0.5, 0.6) is 0 Å². The van der Waals surface area contributed by atoms with Crippen LogP contribution in [0.25, 0.3) is 0 Å². The Labute approximate surface area is 336 Å². The quantitative estimate of drug-likeness (QED) is 0.186. The maximum atomic E-state index is 7.13. The topological polar surface area (TPSA) is 36.9 Å². The van der Waals surface area contributed by atoms with Crippen LogP contribution in [0.3, 0.4) is 0 Å². The normalized spacial score (nSPS) is 28.5. The van der Waals surface area contributed by atoms with Gasteiger partial charge in [0.05, 0.1) is 24.4 Å². The van der Waals surface area contributed by atoms with Crippen LogP contribution >= 0.6 is 0 Å². The molecule has 306 valence electrons. The molecule has 3 aliphatic rings. The van der Waals surface area contributed by atoms with Crippen molar-refractivity contribution < 1.29 is 18.0 Å². The van der Waals surface area contributed by atoms with Crippen molar-refractivity contribution in [2.75, 3.05) is 6.61 Å².